The number of ether oxygens (including phenoxy) is 1. The van der Waals surface area contributed by atoms with Gasteiger partial charge in [0.25, 0.3) is 0 Å². The number of nitrogens with zero attached hydrogens (tertiary/aromatic N) is 2. The second-order valence-corrected chi connectivity index (χ2v) is 7.81. The first-order valence-electron chi connectivity index (χ1n) is 5.17. The van der Waals surface area contributed by atoms with Crippen molar-refractivity contribution < 1.29 is 13.7 Å². The van der Waals surface area contributed by atoms with E-state index >= 15 is 0 Å². The Bertz CT molecular complexity index is 555. The maximum atomic E-state index is 12.2. The van der Waals surface area contributed by atoms with E-state index in [1.165, 1.54) is 12.5 Å². The summed E-state index contributed by atoms with van der Waals surface area (Å²) < 4.78 is 21.6. The molecule has 0 bridgehead atoms. The Morgan fingerprint density at radius 3 is 2.50 bits per heavy atom. The summed E-state index contributed by atoms with van der Waals surface area (Å²) in [5, 5.41) is 0.247. The van der Waals surface area contributed by atoms with E-state index in [1.54, 1.807) is 32.9 Å². The summed E-state index contributed by atoms with van der Waals surface area (Å²) in [4.78, 5) is 15.5. The van der Waals surface area contributed by atoms with Gasteiger partial charge in [-0.1, -0.05) is 0 Å². The zero-order chi connectivity index (χ0) is 14.0. The molecule has 1 rings (SSSR count). The molecule has 0 fully saturated rings. The second-order valence-electron chi connectivity index (χ2n) is 4.69. The van der Waals surface area contributed by atoms with E-state index in [4.69, 9.17) is 4.74 Å². The van der Waals surface area contributed by atoms with E-state index in [0.717, 1.165) is 4.47 Å². The molecule has 5 nitrogen and oxygen atoms in total. The van der Waals surface area contributed by atoms with Gasteiger partial charge in [-0.2, -0.15) is 0 Å². The average Bonchev–Trinajstić information content (AvgIpc) is 2.13. The van der Waals surface area contributed by atoms with Crippen LogP contribution in [0.15, 0.2) is 32.2 Å². The van der Waals surface area contributed by atoms with E-state index in [1.807, 2.05) is 0 Å². The van der Waals surface area contributed by atoms with Crippen LogP contribution in [0.2, 0.25) is 0 Å². The number of halogens is 1. The molecule has 18 heavy (non-hydrogen) atoms. The molecule has 0 N–H and O–H groups in total. The van der Waals surface area contributed by atoms with E-state index in [2.05, 4.69) is 25.3 Å². The number of pyridine rings is 1. The quantitative estimate of drug-likeness (QED) is 0.790. The van der Waals surface area contributed by atoms with Crippen LogP contribution >= 0.6 is 15.9 Å². The van der Waals surface area contributed by atoms with Gasteiger partial charge in [-0.05, 0) is 48.8 Å². The lowest BCUT2D eigenvalue weighted by Crippen LogP contribution is -2.22. The van der Waals surface area contributed by atoms with Gasteiger partial charge in [0.2, 0.25) is 0 Å². The van der Waals surface area contributed by atoms with E-state index in [-0.39, 0.29) is 5.03 Å². The maximum absolute atomic E-state index is 12.2. The molecular formula is C11H15BrN2O3S. The van der Waals surface area contributed by atoms with Crippen molar-refractivity contribution >= 4 is 31.8 Å². The van der Waals surface area contributed by atoms with Crippen LogP contribution in [0.25, 0.3) is 0 Å². The Kier molecular flexibility index (Phi) is 4.50. The smallest absolute Gasteiger partial charge is 0.442 e. The number of hydrogen-bond acceptors (Lipinski definition) is 4. The summed E-state index contributed by atoms with van der Waals surface area (Å²) >= 11 is 3.23. The van der Waals surface area contributed by atoms with Crippen molar-refractivity contribution in [2.45, 2.75) is 31.4 Å². The van der Waals surface area contributed by atoms with Crippen molar-refractivity contribution in [1.82, 2.24) is 4.98 Å². The average molecular weight is 335 g/mol. The predicted molar refractivity (Wildman–Crippen MR) is 72.9 cm³/mol. The lowest BCUT2D eigenvalue weighted by molar-refractivity contribution is 0.0607. The molecule has 1 unspecified atom stereocenters. The third kappa shape index (κ3) is 4.73. The largest absolute Gasteiger partial charge is 0.442 e. The van der Waals surface area contributed by atoms with Gasteiger partial charge in [-0.3, -0.25) is 0 Å². The van der Waals surface area contributed by atoms with Crippen LogP contribution in [0.1, 0.15) is 20.8 Å². The molecule has 1 heterocycles. The Hall–Kier alpha value is -0.950. The van der Waals surface area contributed by atoms with Gasteiger partial charge in [0, 0.05) is 16.9 Å². The van der Waals surface area contributed by atoms with Gasteiger partial charge in [0.05, 0.1) is 0 Å². The van der Waals surface area contributed by atoms with E-state index in [9.17, 15) is 9.00 Å². The predicted octanol–water partition coefficient (Wildman–Crippen LogP) is 3.24. The summed E-state index contributed by atoms with van der Waals surface area (Å²) in [5.74, 6) is 0. The molecule has 0 aromatic carbocycles. The van der Waals surface area contributed by atoms with Gasteiger partial charge in [0.15, 0.2) is 0 Å². The molecule has 1 amide bonds. The molecule has 7 heteroatoms. The Balaban J connectivity index is 3.03. The highest BCUT2D eigenvalue weighted by Gasteiger charge is 2.18. The molecule has 100 valence electrons. The summed E-state index contributed by atoms with van der Waals surface area (Å²) in [5.41, 5.74) is -0.663. The van der Waals surface area contributed by atoms with Crippen LogP contribution in [0.5, 0.6) is 0 Å². The van der Waals surface area contributed by atoms with Crippen LogP contribution in [0.4, 0.5) is 4.79 Å². The minimum atomic E-state index is -2.88. The van der Waals surface area contributed by atoms with Crippen LogP contribution in [0, 0.1) is 0 Å². The molecule has 1 atom stereocenters. The van der Waals surface area contributed by atoms with Crippen molar-refractivity contribution in [2.75, 3.05) is 6.26 Å². The number of carbonyl (C=O) groups is 1. The fourth-order valence-electron chi connectivity index (χ4n) is 1.06. The first-order chi connectivity index (χ1) is 8.10. The van der Waals surface area contributed by atoms with Gasteiger partial charge in [-0.15, -0.1) is 4.36 Å². The summed E-state index contributed by atoms with van der Waals surface area (Å²) in [6.07, 6.45) is 2.01. The second kappa shape index (κ2) is 5.36. The standard InChI is InChI=1S/C11H15BrN2O3S/c1-11(2,3)17-10(15)14-18(4,16)9-6-5-8(12)7-13-9/h5-7H,1-4H3. The molecular weight excluding hydrogens is 320 g/mol. The van der Waals surface area contributed by atoms with Gasteiger partial charge in [0.1, 0.15) is 20.4 Å². The number of aromatic nitrogens is 1. The highest BCUT2D eigenvalue weighted by molar-refractivity contribution is 9.10. The molecule has 0 aliphatic rings. The lowest BCUT2D eigenvalue weighted by atomic mass is 10.2. The maximum Gasteiger partial charge on any atom is 0.442 e. The minimum Gasteiger partial charge on any atom is -0.442 e. The molecule has 1 aromatic rings. The fourth-order valence-corrected chi connectivity index (χ4v) is 2.27. The van der Waals surface area contributed by atoms with Crippen molar-refractivity contribution in [3.8, 4) is 0 Å². The van der Waals surface area contributed by atoms with Gasteiger partial charge in [-0.25, -0.2) is 14.0 Å². The van der Waals surface area contributed by atoms with Crippen molar-refractivity contribution in [3.63, 3.8) is 0 Å². The normalized spacial score (nSPS) is 14.7. The molecule has 0 radical (unpaired) electrons. The lowest BCUT2D eigenvalue weighted by Gasteiger charge is -2.17. The van der Waals surface area contributed by atoms with E-state index < -0.39 is 21.4 Å². The first kappa shape index (κ1) is 15.1. The summed E-state index contributed by atoms with van der Waals surface area (Å²) in [6, 6.07) is 3.25. The molecule has 0 aliphatic heterocycles. The SMILES string of the molecule is CC(C)(C)OC(=O)N=S(C)(=O)c1ccc(Br)cn1. The topological polar surface area (TPSA) is 68.6 Å². The zero-order valence-corrected chi connectivity index (χ0v) is 13.0. The number of amides is 1. The molecule has 0 saturated heterocycles. The van der Waals surface area contributed by atoms with Crippen LogP contribution < -0.4 is 0 Å². The number of carbonyl (C=O) groups excluding carboxylic acids is 1. The van der Waals surface area contributed by atoms with E-state index in [0.29, 0.717) is 0 Å². The van der Waals surface area contributed by atoms with Crippen LogP contribution in [-0.4, -0.2) is 27.1 Å². The highest BCUT2D eigenvalue weighted by Crippen LogP contribution is 2.15. The van der Waals surface area contributed by atoms with Crippen molar-refractivity contribution in [3.05, 3.63) is 22.8 Å². The van der Waals surface area contributed by atoms with Gasteiger partial charge >= 0.3 is 6.09 Å². The number of hydrogen-bond donors (Lipinski definition) is 0. The fraction of sp³-hybridized carbons (Fsp3) is 0.455. The molecule has 0 spiro atoms. The first-order valence-corrected chi connectivity index (χ1v) is 7.88. The van der Waals surface area contributed by atoms with Crippen molar-refractivity contribution in [2.24, 2.45) is 4.36 Å². The van der Waals surface area contributed by atoms with Gasteiger partial charge < -0.3 is 4.74 Å². The highest BCUT2D eigenvalue weighted by atomic mass is 79.9. The monoisotopic (exact) mass is 334 g/mol. The number of rotatable bonds is 1. The molecule has 0 saturated carbocycles. The third-order valence-electron chi connectivity index (χ3n) is 1.73. The zero-order valence-electron chi connectivity index (χ0n) is 10.6. The Morgan fingerprint density at radius 1 is 1.44 bits per heavy atom. The summed E-state index contributed by atoms with van der Waals surface area (Å²) in [7, 11) is -2.88. The molecule has 0 aliphatic carbocycles. The van der Waals surface area contributed by atoms with Crippen LogP contribution in [-0.2, 0) is 14.5 Å². The third-order valence-corrected chi connectivity index (χ3v) is 3.71. The van der Waals surface area contributed by atoms with Crippen LogP contribution in [0.3, 0.4) is 0 Å². The molecule has 1 aromatic heterocycles. The Labute approximate surface area is 115 Å². The minimum absolute atomic E-state index is 0.247. The summed E-state index contributed by atoms with van der Waals surface area (Å²) in [6.45, 7) is 5.15. The Morgan fingerprint density at radius 2 is 2.06 bits per heavy atom. The van der Waals surface area contributed by atoms with Crippen molar-refractivity contribution in [1.29, 1.82) is 0 Å².